The fraction of sp³-hybridized carbons (Fsp3) is 0. The molecule has 1 heterocycles. The molecule has 88 valence electrons. The lowest BCUT2D eigenvalue weighted by molar-refractivity contribution is 0.104. The first-order valence-corrected chi connectivity index (χ1v) is 6.89. The van der Waals surface area contributed by atoms with Crippen LogP contribution in [0.25, 0.3) is 0 Å². The zero-order chi connectivity index (χ0) is 12.6. The molecule has 0 amide bonds. The van der Waals surface area contributed by atoms with Gasteiger partial charge in [0.25, 0.3) is 0 Å². The van der Waals surface area contributed by atoms with Gasteiger partial charge in [-0.05, 0) is 50.1 Å². The quantitative estimate of drug-likeness (QED) is 0.684. The fourth-order valence-corrected chi connectivity index (χ4v) is 3.36. The van der Waals surface area contributed by atoms with Crippen molar-refractivity contribution < 1.29 is 13.6 Å². The molecule has 6 heteroatoms. The number of hydrogen-bond acceptors (Lipinski definition) is 2. The van der Waals surface area contributed by atoms with Gasteiger partial charge in [-0.2, -0.15) is 0 Å². The second-order valence-corrected chi connectivity index (χ2v) is 5.71. The predicted octanol–water partition coefficient (Wildman–Crippen LogP) is 4.78. The van der Waals surface area contributed by atoms with Gasteiger partial charge in [-0.15, -0.1) is 11.3 Å². The Hall–Kier alpha value is -0.590. The van der Waals surface area contributed by atoms with Crippen LogP contribution in [0.2, 0.25) is 0 Å². The summed E-state index contributed by atoms with van der Waals surface area (Å²) in [5.74, 6) is -2.33. The highest BCUT2D eigenvalue weighted by Gasteiger charge is 2.18. The van der Waals surface area contributed by atoms with E-state index in [1.807, 2.05) is 0 Å². The number of halogens is 4. The van der Waals surface area contributed by atoms with Crippen molar-refractivity contribution in [3.05, 3.63) is 54.6 Å². The largest absolute Gasteiger partial charge is 0.288 e. The third-order valence-corrected chi connectivity index (χ3v) is 5.60. The summed E-state index contributed by atoms with van der Waals surface area (Å²) in [5.41, 5.74) is 0.124. The Morgan fingerprint density at radius 2 is 1.88 bits per heavy atom. The molecular weight excluding hydrogens is 378 g/mol. The molecule has 2 rings (SSSR count). The molecule has 1 aromatic heterocycles. The van der Waals surface area contributed by atoms with Crippen molar-refractivity contribution in [3.63, 3.8) is 0 Å². The average molecular weight is 382 g/mol. The van der Waals surface area contributed by atoms with Crippen molar-refractivity contribution in [2.45, 2.75) is 0 Å². The first-order valence-electron chi connectivity index (χ1n) is 4.43. The molecule has 0 N–H and O–H groups in total. The summed E-state index contributed by atoms with van der Waals surface area (Å²) in [5, 5.41) is 1.75. The lowest BCUT2D eigenvalue weighted by Gasteiger charge is -2.00. The fourth-order valence-electron chi connectivity index (χ4n) is 1.24. The first-order chi connectivity index (χ1) is 8.00. The summed E-state index contributed by atoms with van der Waals surface area (Å²) in [7, 11) is 0. The van der Waals surface area contributed by atoms with Crippen LogP contribution >= 0.6 is 43.2 Å². The Bertz CT molecular complexity index is 595. The van der Waals surface area contributed by atoms with Gasteiger partial charge in [0.05, 0.1) is 9.35 Å². The van der Waals surface area contributed by atoms with Crippen molar-refractivity contribution in [1.82, 2.24) is 0 Å². The van der Waals surface area contributed by atoms with Gasteiger partial charge in [-0.3, -0.25) is 4.79 Å². The van der Waals surface area contributed by atoms with Crippen molar-refractivity contribution in [2.24, 2.45) is 0 Å². The summed E-state index contributed by atoms with van der Waals surface area (Å²) in [6, 6.07) is 3.11. The van der Waals surface area contributed by atoms with E-state index in [-0.39, 0.29) is 11.3 Å². The molecule has 0 saturated carbocycles. The van der Waals surface area contributed by atoms with Crippen LogP contribution in [0.4, 0.5) is 8.78 Å². The summed E-state index contributed by atoms with van der Waals surface area (Å²) >= 11 is 7.75. The van der Waals surface area contributed by atoms with Gasteiger partial charge in [0.15, 0.2) is 11.6 Å². The minimum absolute atomic E-state index is 0.124. The molecule has 0 aliphatic heterocycles. The van der Waals surface area contributed by atoms with Crippen molar-refractivity contribution in [2.75, 3.05) is 0 Å². The van der Waals surface area contributed by atoms with E-state index < -0.39 is 11.6 Å². The Kier molecular flexibility index (Phi) is 3.75. The predicted molar refractivity (Wildman–Crippen MR) is 69.5 cm³/mol. The minimum Gasteiger partial charge on any atom is -0.288 e. The Labute approximate surface area is 117 Å². The van der Waals surface area contributed by atoms with Crippen LogP contribution in [-0.2, 0) is 0 Å². The third-order valence-electron chi connectivity index (χ3n) is 2.08. The van der Waals surface area contributed by atoms with E-state index in [1.165, 1.54) is 17.4 Å². The maximum Gasteiger partial charge on any atom is 0.204 e. The van der Waals surface area contributed by atoms with E-state index in [4.69, 9.17) is 0 Å². The van der Waals surface area contributed by atoms with E-state index in [9.17, 15) is 13.6 Å². The monoisotopic (exact) mass is 380 g/mol. The van der Waals surface area contributed by atoms with Crippen LogP contribution in [-0.4, -0.2) is 5.78 Å². The van der Waals surface area contributed by atoms with Crippen molar-refractivity contribution in [1.29, 1.82) is 0 Å². The number of hydrogen-bond donors (Lipinski definition) is 0. The Morgan fingerprint density at radius 3 is 2.41 bits per heavy atom. The van der Waals surface area contributed by atoms with Crippen molar-refractivity contribution >= 4 is 49.0 Å². The summed E-state index contributed by atoms with van der Waals surface area (Å²) in [4.78, 5) is 12.5. The zero-order valence-electron chi connectivity index (χ0n) is 8.14. The number of ketones is 1. The molecule has 1 nitrogen and oxygen atoms in total. The zero-order valence-corrected chi connectivity index (χ0v) is 12.1. The molecule has 0 bridgehead atoms. The van der Waals surface area contributed by atoms with E-state index in [2.05, 4.69) is 31.9 Å². The average Bonchev–Trinajstić information content (AvgIpc) is 2.63. The topological polar surface area (TPSA) is 17.1 Å². The van der Waals surface area contributed by atoms with Gasteiger partial charge in [0, 0.05) is 15.4 Å². The molecule has 0 spiro atoms. The second kappa shape index (κ2) is 4.96. The molecule has 0 radical (unpaired) electrons. The van der Waals surface area contributed by atoms with E-state index in [0.717, 1.165) is 16.6 Å². The van der Waals surface area contributed by atoms with Crippen LogP contribution in [0.3, 0.4) is 0 Å². The van der Waals surface area contributed by atoms with Gasteiger partial charge < -0.3 is 0 Å². The Morgan fingerprint density at radius 1 is 1.18 bits per heavy atom. The Balaban J connectivity index is 2.44. The maximum atomic E-state index is 13.0. The molecule has 1 aromatic carbocycles. The highest BCUT2D eigenvalue weighted by atomic mass is 79.9. The third kappa shape index (κ3) is 2.48. The standard InChI is InChI=1S/C11H4Br2F2OS/c12-6-4-17-11(9(6)13)10(16)5-1-2-7(14)8(15)3-5/h1-4H. The van der Waals surface area contributed by atoms with Gasteiger partial charge in [0.1, 0.15) is 0 Å². The van der Waals surface area contributed by atoms with Gasteiger partial charge in [0.2, 0.25) is 5.78 Å². The summed E-state index contributed by atoms with van der Waals surface area (Å²) in [6.45, 7) is 0. The smallest absolute Gasteiger partial charge is 0.204 e. The first kappa shape index (κ1) is 12.9. The van der Waals surface area contributed by atoms with Gasteiger partial charge >= 0.3 is 0 Å². The molecule has 2 aromatic rings. The van der Waals surface area contributed by atoms with E-state index in [1.54, 1.807) is 5.38 Å². The van der Waals surface area contributed by atoms with Crippen LogP contribution in [0.15, 0.2) is 32.5 Å². The molecule has 0 fully saturated rings. The molecule has 17 heavy (non-hydrogen) atoms. The number of rotatable bonds is 2. The lowest BCUT2D eigenvalue weighted by atomic mass is 10.1. The normalized spacial score (nSPS) is 10.6. The molecule has 0 saturated heterocycles. The maximum absolute atomic E-state index is 13.0. The summed E-state index contributed by atoms with van der Waals surface area (Å²) in [6.07, 6.45) is 0. The molecule has 0 unspecified atom stereocenters. The number of carbonyl (C=O) groups is 1. The minimum atomic E-state index is -1.03. The van der Waals surface area contributed by atoms with Crippen LogP contribution in [0.5, 0.6) is 0 Å². The molecule has 0 aliphatic rings. The van der Waals surface area contributed by atoms with Gasteiger partial charge in [-0.25, -0.2) is 8.78 Å². The van der Waals surface area contributed by atoms with Gasteiger partial charge in [-0.1, -0.05) is 0 Å². The van der Waals surface area contributed by atoms with Crippen LogP contribution in [0, 0.1) is 11.6 Å². The highest BCUT2D eigenvalue weighted by Crippen LogP contribution is 2.34. The highest BCUT2D eigenvalue weighted by molar-refractivity contribution is 9.13. The molecule has 0 atom stereocenters. The molecular formula is C11H4Br2F2OS. The summed E-state index contributed by atoms with van der Waals surface area (Å²) < 4.78 is 27.1. The number of benzene rings is 1. The van der Waals surface area contributed by atoms with E-state index >= 15 is 0 Å². The van der Waals surface area contributed by atoms with Crippen molar-refractivity contribution in [3.8, 4) is 0 Å². The molecule has 0 aliphatic carbocycles. The van der Waals surface area contributed by atoms with Crippen LogP contribution < -0.4 is 0 Å². The number of thiophene rings is 1. The SMILES string of the molecule is O=C(c1ccc(F)c(F)c1)c1scc(Br)c1Br. The van der Waals surface area contributed by atoms with E-state index in [0.29, 0.717) is 9.35 Å². The number of carbonyl (C=O) groups excluding carboxylic acids is 1. The van der Waals surface area contributed by atoms with Crippen LogP contribution in [0.1, 0.15) is 15.2 Å². The second-order valence-electron chi connectivity index (χ2n) is 3.18. The lowest BCUT2D eigenvalue weighted by Crippen LogP contribution is -2.01.